The number of hydrogen-bond donors (Lipinski definition) is 2. The Balaban J connectivity index is 1.35. The second kappa shape index (κ2) is 11.5. The van der Waals surface area contributed by atoms with E-state index in [2.05, 4.69) is 46.7 Å². The summed E-state index contributed by atoms with van der Waals surface area (Å²) in [5, 5.41) is 13.6. The van der Waals surface area contributed by atoms with Crippen LogP contribution >= 0.6 is 11.3 Å². The van der Waals surface area contributed by atoms with Gasteiger partial charge >= 0.3 is 5.97 Å². The molecule has 35 heavy (non-hydrogen) atoms. The number of nitrogens with zero attached hydrogens (tertiary/aromatic N) is 1. The van der Waals surface area contributed by atoms with Crippen LogP contribution < -0.4 is 5.32 Å². The van der Waals surface area contributed by atoms with Gasteiger partial charge < -0.3 is 10.4 Å². The summed E-state index contributed by atoms with van der Waals surface area (Å²) in [6, 6.07) is 16.2. The molecule has 1 aromatic heterocycles. The molecular formula is C29H32N2O3S. The maximum atomic E-state index is 12.8. The highest BCUT2D eigenvalue weighted by Crippen LogP contribution is 2.28. The highest BCUT2D eigenvalue weighted by atomic mass is 32.1. The van der Waals surface area contributed by atoms with Crippen LogP contribution in [-0.4, -0.2) is 28.0 Å². The van der Waals surface area contributed by atoms with E-state index >= 15 is 0 Å². The minimum absolute atomic E-state index is 0.0338. The van der Waals surface area contributed by atoms with Crippen molar-refractivity contribution in [3.05, 3.63) is 82.9 Å². The molecule has 2 aromatic carbocycles. The van der Waals surface area contributed by atoms with Gasteiger partial charge in [-0.3, -0.25) is 9.59 Å². The number of carbonyl (C=O) groups is 2. The van der Waals surface area contributed by atoms with E-state index in [0.717, 1.165) is 33.6 Å². The smallest absolute Gasteiger partial charge is 0.306 e. The van der Waals surface area contributed by atoms with E-state index in [-0.39, 0.29) is 17.9 Å². The first-order valence-electron chi connectivity index (χ1n) is 12.2. The lowest BCUT2D eigenvalue weighted by atomic mass is 9.86. The predicted octanol–water partition coefficient (Wildman–Crippen LogP) is 6.18. The van der Waals surface area contributed by atoms with Crippen molar-refractivity contribution in [2.45, 2.75) is 52.0 Å². The zero-order valence-electron chi connectivity index (χ0n) is 20.2. The Bertz CT molecular complexity index is 1250. The molecule has 1 aliphatic rings. The van der Waals surface area contributed by atoms with Gasteiger partial charge in [-0.1, -0.05) is 61.5 Å². The molecule has 3 aromatic rings. The number of rotatable bonds is 10. The number of hydrogen-bond acceptors (Lipinski definition) is 4. The molecule has 3 atom stereocenters. The van der Waals surface area contributed by atoms with Gasteiger partial charge in [0.05, 0.1) is 21.1 Å². The fraction of sp³-hybridized carbons (Fsp3) is 0.345. The molecule has 0 saturated heterocycles. The van der Waals surface area contributed by atoms with Crippen molar-refractivity contribution in [2.24, 2.45) is 11.8 Å². The Morgan fingerprint density at radius 2 is 2.00 bits per heavy atom. The Morgan fingerprint density at radius 3 is 2.71 bits per heavy atom. The van der Waals surface area contributed by atoms with Gasteiger partial charge in [0.15, 0.2) is 0 Å². The van der Waals surface area contributed by atoms with Crippen LogP contribution in [0.1, 0.15) is 48.7 Å². The lowest BCUT2D eigenvalue weighted by molar-refractivity contribution is -0.141. The summed E-state index contributed by atoms with van der Waals surface area (Å²) < 4.78 is 1.14. The highest BCUT2D eigenvalue weighted by Gasteiger charge is 2.23. The fourth-order valence-corrected chi connectivity index (χ4v) is 5.48. The van der Waals surface area contributed by atoms with E-state index < -0.39 is 11.9 Å². The van der Waals surface area contributed by atoms with Crippen LogP contribution in [0.3, 0.4) is 0 Å². The first-order valence-corrected chi connectivity index (χ1v) is 13.0. The summed E-state index contributed by atoms with van der Waals surface area (Å²) in [7, 11) is 0. The number of amides is 1. The van der Waals surface area contributed by atoms with Gasteiger partial charge in [-0.15, -0.1) is 11.3 Å². The summed E-state index contributed by atoms with van der Waals surface area (Å²) in [6.07, 6.45) is 9.61. The molecule has 1 amide bonds. The van der Waals surface area contributed by atoms with Crippen molar-refractivity contribution in [1.29, 1.82) is 0 Å². The summed E-state index contributed by atoms with van der Waals surface area (Å²) in [5.41, 5.74) is 4.50. The van der Waals surface area contributed by atoms with Crippen LogP contribution in [0, 0.1) is 18.8 Å². The maximum absolute atomic E-state index is 12.8. The van der Waals surface area contributed by atoms with Crippen LogP contribution in [-0.2, 0) is 16.0 Å². The SMILES string of the molecule is Cc1nc2ccc(CCC(=O)NC(CC3C=CC(c4ccccc4)=CC3)C[C@@H](C)C(=O)O)cc2s1. The Morgan fingerprint density at radius 1 is 1.20 bits per heavy atom. The Hall–Kier alpha value is -3.25. The van der Waals surface area contributed by atoms with E-state index in [4.69, 9.17) is 0 Å². The first kappa shape index (κ1) is 24.9. The molecule has 182 valence electrons. The van der Waals surface area contributed by atoms with Crippen molar-refractivity contribution in [3.8, 4) is 0 Å². The monoisotopic (exact) mass is 488 g/mol. The largest absolute Gasteiger partial charge is 0.481 e. The van der Waals surface area contributed by atoms with Crippen molar-refractivity contribution in [3.63, 3.8) is 0 Å². The molecule has 0 spiro atoms. The van der Waals surface area contributed by atoms with Crippen LogP contribution in [0.15, 0.2) is 66.8 Å². The minimum atomic E-state index is -0.831. The minimum Gasteiger partial charge on any atom is -0.481 e. The number of aryl methyl sites for hydroxylation is 2. The number of carboxylic acids is 1. The number of benzene rings is 2. The zero-order chi connectivity index (χ0) is 24.8. The van der Waals surface area contributed by atoms with Crippen LogP contribution in [0.4, 0.5) is 0 Å². The third-order valence-electron chi connectivity index (χ3n) is 6.51. The topological polar surface area (TPSA) is 79.3 Å². The van der Waals surface area contributed by atoms with Gasteiger partial charge in [0.2, 0.25) is 5.91 Å². The average molecular weight is 489 g/mol. The van der Waals surface area contributed by atoms with Crippen molar-refractivity contribution < 1.29 is 14.7 Å². The molecule has 0 aliphatic heterocycles. The van der Waals surface area contributed by atoms with E-state index in [0.29, 0.717) is 19.3 Å². The number of carboxylic acid groups (broad SMARTS) is 1. The van der Waals surface area contributed by atoms with E-state index in [9.17, 15) is 14.7 Å². The summed E-state index contributed by atoms with van der Waals surface area (Å²) in [4.78, 5) is 28.8. The van der Waals surface area contributed by atoms with Gasteiger partial charge in [-0.2, -0.15) is 0 Å². The quantitative estimate of drug-likeness (QED) is 0.357. The Labute approximate surface area is 210 Å². The van der Waals surface area contributed by atoms with Crippen LogP contribution in [0.25, 0.3) is 15.8 Å². The average Bonchev–Trinajstić information content (AvgIpc) is 3.23. The molecule has 0 saturated carbocycles. The third kappa shape index (κ3) is 6.89. The maximum Gasteiger partial charge on any atom is 0.306 e. The Kier molecular flexibility index (Phi) is 8.13. The van der Waals surface area contributed by atoms with Crippen LogP contribution in [0.5, 0.6) is 0 Å². The predicted molar refractivity (Wildman–Crippen MR) is 142 cm³/mol. The van der Waals surface area contributed by atoms with Crippen molar-refractivity contribution in [1.82, 2.24) is 10.3 Å². The van der Waals surface area contributed by atoms with Gasteiger partial charge in [0.1, 0.15) is 0 Å². The fourth-order valence-electron chi connectivity index (χ4n) is 4.59. The van der Waals surface area contributed by atoms with Gasteiger partial charge in [-0.05, 0) is 67.4 Å². The molecule has 1 heterocycles. The number of aromatic nitrogens is 1. The molecule has 6 heteroatoms. The van der Waals surface area contributed by atoms with Gasteiger partial charge in [0.25, 0.3) is 0 Å². The molecule has 2 unspecified atom stereocenters. The molecule has 5 nitrogen and oxygen atoms in total. The van der Waals surface area contributed by atoms with E-state index in [1.807, 2.05) is 37.3 Å². The molecule has 1 aliphatic carbocycles. The number of fused-ring (bicyclic) bond motifs is 1. The summed E-state index contributed by atoms with van der Waals surface area (Å²) in [5.74, 6) is -1.11. The summed E-state index contributed by atoms with van der Waals surface area (Å²) >= 11 is 1.66. The molecular weight excluding hydrogens is 456 g/mol. The second-order valence-electron chi connectivity index (χ2n) is 9.39. The molecule has 0 radical (unpaired) electrons. The zero-order valence-corrected chi connectivity index (χ0v) is 21.1. The number of allylic oxidation sites excluding steroid dienone is 4. The first-order chi connectivity index (χ1) is 16.9. The second-order valence-corrected chi connectivity index (χ2v) is 10.6. The number of aliphatic carboxylic acids is 1. The lowest BCUT2D eigenvalue weighted by Gasteiger charge is -2.25. The van der Waals surface area contributed by atoms with Gasteiger partial charge in [0, 0.05) is 12.5 Å². The molecule has 4 rings (SSSR count). The number of nitrogens with one attached hydrogen (secondary N) is 1. The third-order valence-corrected chi connectivity index (χ3v) is 7.44. The normalized spacial score (nSPS) is 17.1. The van der Waals surface area contributed by atoms with Crippen molar-refractivity contribution in [2.75, 3.05) is 0 Å². The lowest BCUT2D eigenvalue weighted by Crippen LogP contribution is -2.38. The van der Waals surface area contributed by atoms with E-state index in [1.165, 1.54) is 11.1 Å². The van der Waals surface area contributed by atoms with Gasteiger partial charge in [-0.25, -0.2) is 4.98 Å². The van der Waals surface area contributed by atoms with Crippen molar-refractivity contribution >= 4 is 39.0 Å². The number of carbonyl (C=O) groups excluding carboxylic acids is 1. The molecule has 0 fully saturated rings. The van der Waals surface area contributed by atoms with Crippen LogP contribution in [0.2, 0.25) is 0 Å². The molecule has 0 bridgehead atoms. The highest BCUT2D eigenvalue weighted by molar-refractivity contribution is 7.18. The summed E-state index contributed by atoms with van der Waals surface area (Å²) in [6.45, 7) is 3.70. The standard InChI is InChI=1S/C29H32N2O3S/c1-19(29(33)34)16-25(17-21-8-12-24(13-9-21)23-6-4-3-5-7-23)31-28(32)15-11-22-10-14-26-27(18-22)35-20(2)30-26/h3-8,10,12-14,18-19,21,25H,9,11,15-17H2,1-2H3,(H,31,32)(H,33,34)/t19-,21?,25?/m1/s1. The molecule has 2 N–H and O–H groups in total. The number of thiazole rings is 1. The van der Waals surface area contributed by atoms with E-state index in [1.54, 1.807) is 18.3 Å².